The number of carbonyl (C=O) groups excluding carboxylic acids is 1. The van der Waals surface area contributed by atoms with Crippen LogP contribution in [-0.4, -0.2) is 43.4 Å². The number of hydrogen-bond acceptors (Lipinski definition) is 8. The average molecular weight is 487 g/mol. The lowest BCUT2D eigenvalue weighted by molar-refractivity contribution is 0.101. The number of nitrogens with one attached hydrogen (secondary N) is 1. The van der Waals surface area contributed by atoms with E-state index >= 15 is 0 Å². The van der Waals surface area contributed by atoms with Gasteiger partial charge in [0.25, 0.3) is 17.2 Å². The SMILES string of the molecule is O=C(Nn1ccc2c(cnc3nc(SCc4ccc5c(c4)OCCO5)nn32)c1=O)c1ccccc1. The van der Waals surface area contributed by atoms with Gasteiger partial charge >= 0.3 is 0 Å². The Hall–Kier alpha value is -4.38. The molecule has 0 aliphatic carbocycles. The lowest BCUT2D eigenvalue weighted by Gasteiger charge is -2.18. The van der Waals surface area contributed by atoms with Crippen molar-refractivity contribution in [2.24, 2.45) is 0 Å². The lowest BCUT2D eigenvalue weighted by atomic mass is 10.2. The topological polar surface area (TPSA) is 113 Å². The largest absolute Gasteiger partial charge is 0.486 e. The Morgan fingerprint density at radius 1 is 1.06 bits per heavy atom. The van der Waals surface area contributed by atoms with E-state index in [4.69, 9.17) is 9.47 Å². The minimum absolute atomic E-state index is 0.307. The predicted molar refractivity (Wildman–Crippen MR) is 130 cm³/mol. The fourth-order valence-corrected chi connectivity index (χ4v) is 4.50. The number of nitrogens with zero attached hydrogens (tertiary/aromatic N) is 5. The standard InChI is InChI=1S/C24H18N6O4S/c31-21(16-4-2-1-3-5-16)27-29-9-8-18-17(22(29)32)13-25-23-26-24(28-30(18)23)35-14-15-6-7-19-20(12-15)34-11-10-33-19/h1-9,12-13H,10-11,14H2,(H,27,31). The van der Waals surface area contributed by atoms with E-state index in [-0.39, 0.29) is 5.91 Å². The number of thioether (sulfide) groups is 1. The second-order valence-corrected chi connectivity index (χ2v) is 8.67. The van der Waals surface area contributed by atoms with Crippen molar-refractivity contribution >= 4 is 34.3 Å². The Labute approximate surface area is 202 Å². The second-order valence-electron chi connectivity index (χ2n) is 7.73. The molecule has 10 nitrogen and oxygen atoms in total. The van der Waals surface area contributed by atoms with Crippen molar-refractivity contribution in [2.45, 2.75) is 10.9 Å². The molecule has 2 aromatic carbocycles. The molecule has 1 amide bonds. The number of rotatable bonds is 5. The van der Waals surface area contributed by atoms with Gasteiger partial charge in [0.1, 0.15) is 13.2 Å². The number of amides is 1. The van der Waals surface area contributed by atoms with E-state index in [2.05, 4.69) is 20.5 Å². The Morgan fingerprint density at radius 3 is 2.74 bits per heavy atom. The first kappa shape index (κ1) is 21.2. The zero-order valence-electron chi connectivity index (χ0n) is 18.2. The summed E-state index contributed by atoms with van der Waals surface area (Å²) < 4.78 is 13.9. The molecule has 0 radical (unpaired) electrons. The summed E-state index contributed by atoms with van der Waals surface area (Å²) >= 11 is 1.45. The smallest absolute Gasteiger partial charge is 0.280 e. The van der Waals surface area contributed by atoms with Crippen molar-refractivity contribution in [3.8, 4) is 11.5 Å². The minimum atomic E-state index is -0.415. The highest BCUT2D eigenvalue weighted by molar-refractivity contribution is 7.98. The van der Waals surface area contributed by atoms with E-state index in [1.54, 1.807) is 30.3 Å². The third-order valence-electron chi connectivity index (χ3n) is 5.45. The van der Waals surface area contributed by atoms with E-state index in [0.717, 1.165) is 21.7 Å². The number of pyridine rings is 1. The van der Waals surface area contributed by atoms with Gasteiger partial charge in [-0.15, -0.1) is 5.10 Å². The van der Waals surface area contributed by atoms with Crippen LogP contribution >= 0.6 is 11.8 Å². The minimum Gasteiger partial charge on any atom is -0.486 e. The molecule has 0 spiro atoms. The molecule has 3 aromatic heterocycles. The first-order valence-corrected chi connectivity index (χ1v) is 11.8. The summed E-state index contributed by atoms with van der Waals surface area (Å²) in [5.41, 5.74) is 4.23. The van der Waals surface area contributed by atoms with Crippen LogP contribution in [0.4, 0.5) is 0 Å². The van der Waals surface area contributed by atoms with Crippen LogP contribution in [0.1, 0.15) is 15.9 Å². The van der Waals surface area contributed by atoms with Crippen molar-refractivity contribution in [3.63, 3.8) is 0 Å². The van der Waals surface area contributed by atoms with Gasteiger partial charge in [-0.25, -0.2) is 9.66 Å². The van der Waals surface area contributed by atoms with Gasteiger partial charge in [-0.2, -0.15) is 9.50 Å². The van der Waals surface area contributed by atoms with E-state index in [0.29, 0.717) is 46.4 Å². The van der Waals surface area contributed by atoms with Gasteiger partial charge < -0.3 is 9.47 Å². The van der Waals surface area contributed by atoms with Crippen molar-refractivity contribution in [3.05, 3.63) is 88.5 Å². The molecule has 1 N–H and O–H groups in total. The lowest BCUT2D eigenvalue weighted by Crippen LogP contribution is -2.32. The van der Waals surface area contributed by atoms with Gasteiger partial charge in [0.05, 0.1) is 10.9 Å². The molecule has 35 heavy (non-hydrogen) atoms. The van der Waals surface area contributed by atoms with Gasteiger partial charge in [-0.1, -0.05) is 36.0 Å². The maximum absolute atomic E-state index is 13.0. The monoisotopic (exact) mass is 486 g/mol. The van der Waals surface area contributed by atoms with Crippen molar-refractivity contribution in [2.75, 3.05) is 18.6 Å². The normalized spacial score (nSPS) is 12.7. The number of aromatic nitrogens is 5. The zero-order valence-corrected chi connectivity index (χ0v) is 19.1. The zero-order chi connectivity index (χ0) is 23.8. The Morgan fingerprint density at radius 2 is 1.89 bits per heavy atom. The first-order chi connectivity index (χ1) is 17.2. The number of carbonyl (C=O) groups is 1. The van der Waals surface area contributed by atoms with Crippen LogP contribution in [0.2, 0.25) is 0 Å². The van der Waals surface area contributed by atoms with E-state index in [9.17, 15) is 9.59 Å². The number of fused-ring (bicyclic) bond motifs is 4. The van der Waals surface area contributed by atoms with Gasteiger partial charge in [-0.05, 0) is 35.9 Å². The number of hydrogen-bond donors (Lipinski definition) is 1. The maximum atomic E-state index is 13.0. The molecular formula is C24H18N6O4S. The molecule has 6 rings (SSSR count). The summed E-state index contributed by atoms with van der Waals surface area (Å²) in [7, 11) is 0. The van der Waals surface area contributed by atoms with Crippen molar-refractivity contribution in [1.29, 1.82) is 0 Å². The Balaban J connectivity index is 1.25. The van der Waals surface area contributed by atoms with Crippen LogP contribution in [0.5, 0.6) is 11.5 Å². The highest BCUT2D eigenvalue weighted by atomic mass is 32.2. The summed E-state index contributed by atoms with van der Waals surface area (Å²) in [6, 6.07) is 16.2. The number of ether oxygens (including phenoxy) is 2. The fraction of sp³-hybridized carbons (Fsp3) is 0.125. The first-order valence-electron chi connectivity index (χ1n) is 10.8. The summed E-state index contributed by atoms with van der Waals surface area (Å²) in [4.78, 5) is 34.2. The third kappa shape index (κ3) is 4.06. The molecule has 0 bridgehead atoms. The van der Waals surface area contributed by atoms with Crippen LogP contribution in [0.25, 0.3) is 16.7 Å². The summed E-state index contributed by atoms with van der Waals surface area (Å²) in [5, 5.41) is 5.37. The maximum Gasteiger partial charge on any atom is 0.280 e. The summed E-state index contributed by atoms with van der Waals surface area (Å²) in [5.74, 6) is 2.11. The molecule has 0 saturated carbocycles. The van der Waals surface area contributed by atoms with Crippen LogP contribution in [0.15, 0.2) is 76.9 Å². The van der Waals surface area contributed by atoms with Gasteiger partial charge in [0.15, 0.2) is 11.5 Å². The second kappa shape index (κ2) is 8.76. The molecule has 1 aliphatic rings. The quantitative estimate of drug-likeness (QED) is 0.378. The predicted octanol–water partition coefficient (Wildman–Crippen LogP) is 2.89. The average Bonchev–Trinajstić information content (AvgIpc) is 3.33. The molecule has 5 aromatic rings. The Kier molecular flexibility index (Phi) is 5.30. The fourth-order valence-electron chi connectivity index (χ4n) is 3.74. The van der Waals surface area contributed by atoms with Gasteiger partial charge in [0.2, 0.25) is 5.16 Å². The highest BCUT2D eigenvalue weighted by Gasteiger charge is 2.15. The molecule has 4 heterocycles. The van der Waals surface area contributed by atoms with E-state index in [1.165, 1.54) is 28.7 Å². The van der Waals surface area contributed by atoms with E-state index < -0.39 is 5.56 Å². The van der Waals surface area contributed by atoms with Gasteiger partial charge in [0, 0.05) is 23.7 Å². The molecule has 0 fully saturated rings. The van der Waals surface area contributed by atoms with Gasteiger partial charge in [-0.3, -0.25) is 15.0 Å². The molecule has 0 saturated heterocycles. The molecule has 1 aliphatic heterocycles. The van der Waals surface area contributed by atoms with Crippen molar-refractivity contribution in [1.82, 2.24) is 24.3 Å². The van der Waals surface area contributed by atoms with Crippen LogP contribution < -0.4 is 20.5 Å². The van der Waals surface area contributed by atoms with Crippen molar-refractivity contribution < 1.29 is 14.3 Å². The summed E-state index contributed by atoms with van der Waals surface area (Å²) in [6.45, 7) is 1.09. The molecule has 174 valence electrons. The summed E-state index contributed by atoms with van der Waals surface area (Å²) in [6.07, 6.45) is 2.94. The number of benzene rings is 2. The molecule has 0 unspecified atom stereocenters. The third-order valence-corrected chi connectivity index (χ3v) is 6.36. The van der Waals surface area contributed by atoms with Crippen LogP contribution in [0.3, 0.4) is 0 Å². The highest BCUT2D eigenvalue weighted by Crippen LogP contribution is 2.32. The molecular weight excluding hydrogens is 468 g/mol. The van der Waals surface area contributed by atoms with Crippen LogP contribution in [0, 0.1) is 0 Å². The molecule has 11 heteroatoms. The van der Waals surface area contributed by atoms with Crippen LogP contribution in [-0.2, 0) is 5.75 Å². The van der Waals surface area contributed by atoms with E-state index in [1.807, 2.05) is 24.3 Å². The molecule has 0 atom stereocenters. The Bertz CT molecular complexity index is 1630.